The topological polar surface area (TPSA) is 35.5 Å². The van der Waals surface area contributed by atoms with Crippen molar-refractivity contribution in [3.8, 4) is 0 Å². The zero-order chi connectivity index (χ0) is 14.2. The molecule has 0 aromatic heterocycles. The Morgan fingerprint density at radius 2 is 2.25 bits per heavy atom. The molecule has 1 aliphatic heterocycles. The Bertz CT molecular complexity index is 493. The Kier molecular flexibility index (Phi) is 3.89. The molecule has 1 atom stereocenters. The standard InChI is InChI=1S/C15H20ClFN2O/c16-11-2-3-14(13(17)8-11)19-7-4-12(9-19)18-10-15(20)5-1-6-15/h2-3,8,12,18,20H,1,4-7,9-10H2. The second-order valence-corrected chi connectivity index (χ2v) is 6.42. The van der Waals surface area contributed by atoms with Crippen LogP contribution in [0.1, 0.15) is 25.7 Å². The third kappa shape index (κ3) is 2.92. The van der Waals surface area contributed by atoms with Gasteiger partial charge in [-0.15, -0.1) is 0 Å². The summed E-state index contributed by atoms with van der Waals surface area (Å²) in [7, 11) is 0. The Balaban J connectivity index is 1.56. The molecule has 1 aliphatic carbocycles. The van der Waals surface area contributed by atoms with Crippen LogP contribution in [0.25, 0.3) is 0 Å². The maximum Gasteiger partial charge on any atom is 0.147 e. The second-order valence-electron chi connectivity index (χ2n) is 5.99. The minimum atomic E-state index is -0.501. The number of aliphatic hydroxyl groups is 1. The minimum Gasteiger partial charge on any atom is -0.389 e. The summed E-state index contributed by atoms with van der Waals surface area (Å²) in [6, 6.07) is 5.13. The maximum atomic E-state index is 13.9. The number of rotatable bonds is 4. The summed E-state index contributed by atoms with van der Waals surface area (Å²) < 4.78 is 13.9. The third-order valence-electron chi connectivity index (χ3n) is 4.44. The van der Waals surface area contributed by atoms with E-state index in [9.17, 15) is 9.50 Å². The van der Waals surface area contributed by atoms with Crippen molar-refractivity contribution in [3.05, 3.63) is 29.0 Å². The van der Waals surface area contributed by atoms with E-state index in [0.29, 0.717) is 23.3 Å². The highest BCUT2D eigenvalue weighted by Gasteiger charge is 2.35. The van der Waals surface area contributed by atoms with Crippen molar-refractivity contribution in [1.82, 2.24) is 5.32 Å². The van der Waals surface area contributed by atoms with Crippen LogP contribution in [0.5, 0.6) is 0 Å². The predicted molar refractivity (Wildman–Crippen MR) is 78.8 cm³/mol. The number of nitrogens with zero attached hydrogens (tertiary/aromatic N) is 1. The molecule has 20 heavy (non-hydrogen) atoms. The summed E-state index contributed by atoms with van der Waals surface area (Å²) in [5, 5.41) is 13.9. The average molecular weight is 299 g/mol. The van der Waals surface area contributed by atoms with Gasteiger partial charge in [-0.1, -0.05) is 11.6 Å². The monoisotopic (exact) mass is 298 g/mol. The molecule has 0 spiro atoms. The highest BCUT2D eigenvalue weighted by Crippen LogP contribution is 2.31. The molecule has 0 radical (unpaired) electrons. The van der Waals surface area contributed by atoms with E-state index in [1.165, 1.54) is 6.07 Å². The molecule has 2 fully saturated rings. The van der Waals surface area contributed by atoms with Gasteiger partial charge < -0.3 is 15.3 Å². The summed E-state index contributed by atoms with van der Waals surface area (Å²) in [5.41, 5.74) is 0.111. The first kappa shape index (κ1) is 14.1. The van der Waals surface area contributed by atoms with E-state index in [0.717, 1.165) is 38.8 Å². The van der Waals surface area contributed by atoms with Gasteiger partial charge in [0.25, 0.3) is 0 Å². The fourth-order valence-electron chi connectivity index (χ4n) is 2.98. The molecule has 1 saturated heterocycles. The predicted octanol–water partition coefficient (Wildman–Crippen LogP) is 2.56. The molecule has 3 rings (SSSR count). The first-order valence-electron chi connectivity index (χ1n) is 7.22. The van der Waals surface area contributed by atoms with Crippen LogP contribution in [0.15, 0.2) is 18.2 Å². The first-order valence-corrected chi connectivity index (χ1v) is 7.59. The fourth-order valence-corrected chi connectivity index (χ4v) is 3.14. The van der Waals surface area contributed by atoms with Crippen molar-refractivity contribution >= 4 is 17.3 Å². The molecule has 1 heterocycles. The number of nitrogens with one attached hydrogen (secondary N) is 1. The Morgan fingerprint density at radius 1 is 1.45 bits per heavy atom. The Labute approximate surface area is 123 Å². The summed E-state index contributed by atoms with van der Waals surface area (Å²) in [6.07, 6.45) is 3.87. The van der Waals surface area contributed by atoms with E-state index in [-0.39, 0.29) is 5.82 Å². The molecule has 110 valence electrons. The summed E-state index contributed by atoms with van der Waals surface area (Å²) in [6.45, 7) is 2.25. The normalized spacial score (nSPS) is 24.8. The lowest BCUT2D eigenvalue weighted by atomic mass is 9.80. The number of benzene rings is 1. The van der Waals surface area contributed by atoms with Gasteiger partial charge in [0.1, 0.15) is 5.82 Å². The number of halogens is 2. The lowest BCUT2D eigenvalue weighted by molar-refractivity contribution is -0.0327. The zero-order valence-electron chi connectivity index (χ0n) is 11.4. The fraction of sp³-hybridized carbons (Fsp3) is 0.600. The first-order chi connectivity index (χ1) is 9.56. The van der Waals surface area contributed by atoms with E-state index >= 15 is 0 Å². The number of anilines is 1. The third-order valence-corrected chi connectivity index (χ3v) is 4.68. The van der Waals surface area contributed by atoms with E-state index in [1.807, 2.05) is 4.90 Å². The molecule has 5 heteroatoms. The number of hydrogen-bond acceptors (Lipinski definition) is 3. The van der Waals surface area contributed by atoms with Crippen LogP contribution < -0.4 is 10.2 Å². The van der Waals surface area contributed by atoms with Crippen molar-refractivity contribution in [2.24, 2.45) is 0 Å². The van der Waals surface area contributed by atoms with Crippen molar-refractivity contribution in [1.29, 1.82) is 0 Å². The molecule has 1 unspecified atom stereocenters. The van der Waals surface area contributed by atoms with E-state index in [4.69, 9.17) is 11.6 Å². The molecule has 0 amide bonds. The van der Waals surface area contributed by atoms with Gasteiger partial charge in [0, 0.05) is 30.7 Å². The molecule has 1 aromatic rings. The summed E-state index contributed by atoms with van der Waals surface area (Å²) >= 11 is 5.78. The summed E-state index contributed by atoms with van der Waals surface area (Å²) in [5.74, 6) is -0.268. The van der Waals surface area contributed by atoms with Crippen LogP contribution in [-0.2, 0) is 0 Å². The van der Waals surface area contributed by atoms with Gasteiger partial charge in [-0.3, -0.25) is 0 Å². The van der Waals surface area contributed by atoms with Crippen LogP contribution in [0.3, 0.4) is 0 Å². The molecule has 3 nitrogen and oxygen atoms in total. The van der Waals surface area contributed by atoms with E-state index < -0.39 is 5.60 Å². The van der Waals surface area contributed by atoms with Gasteiger partial charge in [0.2, 0.25) is 0 Å². The van der Waals surface area contributed by atoms with Gasteiger partial charge in [-0.25, -0.2) is 4.39 Å². The molecular formula is C15H20ClFN2O. The van der Waals surface area contributed by atoms with Gasteiger partial charge in [0.15, 0.2) is 0 Å². The quantitative estimate of drug-likeness (QED) is 0.897. The van der Waals surface area contributed by atoms with Crippen molar-refractivity contribution < 1.29 is 9.50 Å². The second kappa shape index (κ2) is 5.51. The van der Waals surface area contributed by atoms with Gasteiger partial charge in [0.05, 0.1) is 11.3 Å². The van der Waals surface area contributed by atoms with Crippen LogP contribution in [0, 0.1) is 5.82 Å². The lowest BCUT2D eigenvalue weighted by Gasteiger charge is -2.37. The molecular weight excluding hydrogens is 279 g/mol. The van der Waals surface area contributed by atoms with Crippen LogP contribution >= 0.6 is 11.6 Å². The van der Waals surface area contributed by atoms with Gasteiger partial charge >= 0.3 is 0 Å². The van der Waals surface area contributed by atoms with E-state index in [2.05, 4.69) is 5.32 Å². The van der Waals surface area contributed by atoms with Crippen LogP contribution in [0.2, 0.25) is 5.02 Å². The molecule has 2 N–H and O–H groups in total. The highest BCUT2D eigenvalue weighted by molar-refractivity contribution is 6.30. The van der Waals surface area contributed by atoms with Gasteiger partial charge in [-0.05, 0) is 43.9 Å². The molecule has 2 aliphatic rings. The molecule has 1 aromatic carbocycles. The van der Waals surface area contributed by atoms with Crippen LogP contribution in [-0.4, -0.2) is 36.4 Å². The number of hydrogen-bond donors (Lipinski definition) is 2. The lowest BCUT2D eigenvalue weighted by Crippen LogP contribution is -2.49. The smallest absolute Gasteiger partial charge is 0.147 e. The van der Waals surface area contributed by atoms with E-state index in [1.54, 1.807) is 12.1 Å². The Morgan fingerprint density at radius 3 is 2.90 bits per heavy atom. The molecule has 1 saturated carbocycles. The SMILES string of the molecule is OC1(CNC2CCN(c3ccc(Cl)cc3F)C2)CCC1. The van der Waals surface area contributed by atoms with Crippen molar-refractivity contribution in [2.45, 2.75) is 37.3 Å². The van der Waals surface area contributed by atoms with Crippen molar-refractivity contribution in [3.63, 3.8) is 0 Å². The van der Waals surface area contributed by atoms with Crippen LogP contribution in [0.4, 0.5) is 10.1 Å². The van der Waals surface area contributed by atoms with Gasteiger partial charge in [-0.2, -0.15) is 0 Å². The highest BCUT2D eigenvalue weighted by atomic mass is 35.5. The minimum absolute atomic E-state index is 0.268. The largest absolute Gasteiger partial charge is 0.389 e. The molecule has 0 bridgehead atoms. The maximum absolute atomic E-state index is 13.9. The zero-order valence-corrected chi connectivity index (χ0v) is 12.2. The average Bonchev–Trinajstić information content (AvgIpc) is 2.82. The Hall–Kier alpha value is -0.840. The van der Waals surface area contributed by atoms with Crippen molar-refractivity contribution in [2.75, 3.05) is 24.5 Å². The summed E-state index contributed by atoms with van der Waals surface area (Å²) in [4.78, 5) is 2.04.